The normalized spacial score (nSPS) is 25.5. The lowest BCUT2D eigenvalue weighted by molar-refractivity contribution is -0.146. The van der Waals surface area contributed by atoms with Crippen molar-refractivity contribution in [1.29, 1.82) is 0 Å². The molecule has 2 atom stereocenters. The molecule has 1 amide bonds. The molecule has 0 bridgehead atoms. The molecule has 3 heterocycles. The maximum Gasteiger partial charge on any atom is 0.417 e. The number of rotatable bonds is 4. The van der Waals surface area contributed by atoms with Crippen LogP contribution in [0.25, 0.3) is 0 Å². The fourth-order valence-corrected chi connectivity index (χ4v) is 6.73. The van der Waals surface area contributed by atoms with Crippen molar-refractivity contribution in [3.63, 3.8) is 0 Å². The molecular weight excluding hydrogens is 482 g/mol. The third kappa shape index (κ3) is 5.14. The summed E-state index contributed by atoms with van der Waals surface area (Å²) in [6, 6.07) is 8.32. The molecule has 1 aliphatic carbocycles. The number of alkyl halides is 3. The Morgan fingerprint density at radius 2 is 1.78 bits per heavy atom. The van der Waals surface area contributed by atoms with Crippen molar-refractivity contribution in [2.45, 2.75) is 77.1 Å². The summed E-state index contributed by atoms with van der Waals surface area (Å²) in [5.41, 5.74) is 1.09. The Morgan fingerprint density at radius 1 is 1.08 bits per heavy atom. The summed E-state index contributed by atoms with van der Waals surface area (Å²) >= 11 is 0. The number of benzene rings is 1. The van der Waals surface area contributed by atoms with Gasteiger partial charge in [-0.1, -0.05) is 26.0 Å². The first-order chi connectivity index (χ1) is 17.6. The van der Waals surface area contributed by atoms with Crippen LogP contribution in [0.3, 0.4) is 0 Å². The average Bonchev–Trinajstić information content (AvgIpc) is 3.35. The zero-order valence-electron chi connectivity index (χ0n) is 21.5. The van der Waals surface area contributed by atoms with Crippen LogP contribution in [0.5, 0.6) is 0 Å². The first kappa shape index (κ1) is 26.1. The fourth-order valence-electron chi connectivity index (χ4n) is 6.73. The molecule has 8 heteroatoms. The number of halogens is 4. The smallest absolute Gasteiger partial charge is 0.337 e. The van der Waals surface area contributed by atoms with Crippen LogP contribution < -0.4 is 0 Å². The van der Waals surface area contributed by atoms with E-state index in [2.05, 4.69) is 23.7 Å². The molecule has 0 radical (unpaired) electrons. The predicted octanol–water partition coefficient (Wildman–Crippen LogP) is 6.20. The Kier molecular flexibility index (Phi) is 7.07. The van der Waals surface area contributed by atoms with Crippen molar-refractivity contribution < 1.29 is 22.4 Å². The molecule has 2 fully saturated rings. The first-order valence-corrected chi connectivity index (χ1v) is 13.4. The number of fused-ring (bicyclic) bond motifs is 1. The molecule has 1 saturated carbocycles. The van der Waals surface area contributed by atoms with Gasteiger partial charge in [0, 0.05) is 37.4 Å². The molecule has 1 aromatic carbocycles. The molecule has 4 nitrogen and oxygen atoms in total. The number of amides is 1. The van der Waals surface area contributed by atoms with Gasteiger partial charge in [-0.15, -0.1) is 0 Å². The van der Waals surface area contributed by atoms with E-state index in [4.69, 9.17) is 0 Å². The van der Waals surface area contributed by atoms with Crippen LogP contribution in [0.4, 0.5) is 17.6 Å². The van der Waals surface area contributed by atoms with Crippen molar-refractivity contribution >= 4 is 5.91 Å². The van der Waals surface area contributed by atoms with Gasteiger partial charge < -0.3 is 9.80 Å². The van der Waals surface area contributed by atoms with E-state index >= 15 is 0 Å². The number of pyridine rings is 1. The largest absolute Gasteiger partial charge is 0.417 e. The van der Waals surface area contributed by atoms with E-state index in [1.807, 2.05) is 12.1 Å². The van der Waals surface area contributed by atoms with Crippen LogP contribution in [-0.2, 0) is 23.9 Å². The van der Waals surface area contributed by atoms with E-state index in [1.54, 1.807) is 4.90 Å². The Balaban J connectivity index is 1.26. The molecule has 1 saturated heterocycles. The van der Waals surface area contributed by atoms with Gasteiger partial charge in [-0.2, -0.15) is 13.2 Å². The highest BCUT2D eigenvalue weighted by molar-refractivity contribution is 5.83. The summed E-state index contributed by atoms with van der Waals surface area (Å²) in [4.78, 5) is 22.3. The molecule has 1 aromatic heterocycles. The number of hydrogen-bond donors (Lipinski definition) is 0. The lowest BCUT2D eigenvalue weighted by atomic mass is 9.73. The molecule has 0 spiro atoms. The molecule has 2 aliphatic heterocycles. The summed E-state index contributed by atoms with van der Waals surface area (Å²) in [6.07, 6.45) is 1.50. The number of nitrogens with zero attached hydrogens (tertiary/aromatic N) is 3. The fraction of sp³-hybridized carbons (Fsp3) is 0.586. The van der Waals surface area contributed by atoms with E-state index in [0.29, 0.717) is 36.2 Å². The second-order valence-electron chi connectivity index (χ2n) is 11.4. The highest BCUT2D eigenvalue weighted by atomic mass is 19.4. The topological polar surface area (TPSA) is 36.4 Å². The van der Waals surface area contributed by atoms with E-state index in [1.165, 1.54) is 17.7 Å². The molecule has 3 aliphatic rings. The average molecular weight is 518 g/mol. The van der Waals surface area contributed by atoms with Gasteiger partial charge in [0.1, 0.15) is 5.82 Å². The van der Waals surface area contributed by atoms with Crippen LogP contribution in [0.15, 0.2) is 36.5 Å². The highest BCUT2D eigenvalue weighted by Crippen LogP contribution is 2.48. The quantitative estimate of drug-likeness (QED) is 0.453. The molecular formula is C29H35F4N3O. The highest BCUT2D eigenvalue weighted by Gasteiger charge is 2.51. The van der Waals surface area contributed by atoms with Crippen molar-refractivity contribution in [2.24, 2.45) is 11.3 Å². The van der Waals surface area contributed by atoms with E-state index in [9.17, 15) is 22.4 Å². The Hall–Kier alpha value is -2.48. The first-order valence-electron chi connectivity index (χ1n) is 13.4. The summed E-state index contributed by atoms with van der Waals surface area (Å²) in [5.74, 6) is 0.437. The van der Waals surface area contributed by atoms with Gasteiger partial charge in [0.2, 0.25) is 5.91 Å². The molecule has 0 N–H and O–H groups in total. The standard InChI is InChI=1S/C29H35F4N3O/c1-19(2)28(27(37)36-14-10-26-22(18-36)15-23(17-34-26)29(31,32)33)11-7-25(16-28)35-12-8-21(9-13-35)20-3-5-24(30)6-4-20/h3-6,15,17,19,21,25H,7-14,16,18H2,1-2H3/t25-,28-/m0/s1. The summed E-state index contributed by atoms with van der Waals surface area (Å²) in [5, 5.41) is 0. The van der Waals surface area contributed by atoms with Crippen LogP contribution in [0.2, 0.25) is 0 Å². The van der Waals surface area contributed by atoms with Gasteiger partial charge in [0.25, 0.3) is 0 Å². The number of aromatic nitrogens is 1. The van der Waals surface area contributed by atoms with Gasteiger partial charge in [-0.25, -0.2) is 4.39 Å². The second-order valence-corrected chi connectivity index (χ2v) is 11.4. The van der Waals surface area contributed by atoms with Crippen LogP contribution in [0.1, 0.15) is 74.3 Å². The Morgan fingerprint density at radius 3 is 2.43 bits per heavy atom. The molecule has 37 heavy (non-hydrogen) atoms. The monoisotopic (exact) mass is 517 g/mol. The maximum absolute atomic E-state index is 14.0. The SMILES string of the molecule is CC(C)[C@]1(C(=O)N2CCc3ncc(C(F)(F)F)cc3C2)CC[C@H](N2CCC(c3ccc(F)cc3)CC2)C1. The Bertz CT molecular complexity index is 1120. The van der Waals surface area contributed by atoms with Crippen molar-refractivity contribution in [2.75, 3.05) is 19.6 Å². The molecule has 5 rings (SSSR count). The number of carbonyl (C=O) groups is 1. The Labute approximate surface area is 216 Å². The van der Waals surface area contributed by atoms with Gasteiger partial charge >= 0.3 is 6.18 Å². The minimum absolute atomic E-state index is 0.0780. The number of likely N-dealkylation sites (tertiary alicyclic amines) is 1. The van der Waals surface area contributed by atoms with Gasteiger partial charge in [0.05, 0.1) is 11.0 Å². The van der Waals surface area contributed by atoms with Gasteiger partial charge in [0.15, 0.2) is 0 Å². The van der Waals surface area contributed by atoms with Crippen LogP contribution >= 0.6 is 0 Å². The predicted molar refractivity (Wildman–Crippen MR) is 133 cm³/mol. The van der Waals surface area contributed by atoms with E-state index < -0.39 is 17.2 Å². The van der Waals surface area contributed by atoms with Gasteiger partial charge in [-0.3, -0.25) is 9.78 Å². The van der Waals surface area contributed by atoms with Crippen molar-refractivity contribution in [3.8, 4) is 0 Å². The molecule has 2 aromatic rings. The zero-order valence-corrected chi connectivity index (χ0v) is 21.5. The van der Waals surface area contributed by atoms with Gasteiger partial charge in [-0.05, 0) is 86.4 Å². The molecule has 0 unspecified atom stereocenters. The summed E-state index contributed by atoms with van der Waals surface area (Å²) in [7, 11) is 0. The van der Waals surface area contributed by atoms with Crippen LogP contribution in [0, 0.1) is 17.2 Å². The van der Waals surface area contributed by atoms with Crippen molar-refractivity contribution in [1.82, 2.24) is 14.8 Å². The summed E-state index contributed by atoms with van der Waals surface area (Å²) in [6.45, 7) is 6.79. The van der Waals surface area contributed by atoms with E-state index in [0.717, 1.165) is 57.5 Å². The lowest BCUT2D eigenvalue weighted by Gasteiger charge is -2.41. The number of piperidine rings is 1. The lowest BCUT2D eigenvalue weighted by Crippen LogP contribution is -2.49. The van der Waals surface area contributed by atoms with E-state index in [-0.39, 0.29) is 24.2 Å². The molecule has 200 valence electrons. The maximum atomic E-state index is 14.0. The minimum atomic E-state index is -4.45. The number of carbonyl (C=O) groups excluding carboxylic acids is 1. The second kappa shape index (κ2) is 10.0. The summed E-state index contributed by atoms with van der Waals surface area (Å²) < 4.78 is 53.0. The van der Waals surface area contributed by atoms with Crippen molar-refractivity contribution in [3.05, 3.63) is 64.7 Å². The zero-order chi connectivity index (χ0) is 26.4. The van der Waals surface area contributed by atoms with Crippen LogP contribution in [-0.4, -0.2) is 46.4 Å². The number of hydrogen-bond acceptors (Lipinski definition) is 3. The third-order valence-corrected chi connectivity index (χ3v) is 9.10. The minimum Gasteiger partial charge on any atom is -0.337 e. The third-order valence-electron chi connectivity index (χ3n) is 9.10.